The number of hydrogen-bond donors (Lipinski definition) is 1. The van der Waals surface area contributed by atoms with Gasteiger partial charge in [0, 0.05) is 19.2 Å². The molecule has 0 saturated carbocycles. The summed E-state index contributed by atoms with van der Waals surface area (Å²) in [4.78, 5) is 13.5. The monoisotopic (exact) mass is 307 g/mol. The first-order chi connectivity index (χ1) is 9.68. The van der Waals surface area contributed by atoms with E-state index in [0.29, 0.717) is 18.2 Å². The molecular weight excluding hydrogens is 290 g/mol. The summed E-state index contributed by atoms with van der Waals surface area (Å²) in [5.74, 6) is -1.82. The first-order valence-corrected chi connectivity index (χ1v) is 6.47. The van der Waals surface area contributed by atoms with Crippen LogP contribution >= 0.6 is 0 Å². The van der Waals surface area contributed by atoms with Gasteiger partial charge < -0.3 is 10.0 Å². The van der Waals surface area contributed by atoms with Crippen LogP contribution < -0.4 is 0 Å². The van der Waals surface area contributed by atoms with Gasteiger partial charge in [0.15, 0.2) is 0 Å². The number of amides is 1. The Labute approximate surface area is 120 Å². The number of halogens is 4. The van der Waals surface area contributed by atoms with Crippen LogP contribution in [0, 0.1) is 5.82 Å². The van der Waals surface area contributed by atoms with Crippen molar-refractivity contribution in [2.75, 3.05) is 13.2 Å². The largest absolute Gasteiger partial charge is 0.416 e. The van der Waals surface area contributed by atoms with Gasteiger partial charge in [-0.3, -0.25) is 4.79 Å². The summed E-state index contributed by atoms with van der Waals surface area (Å²) in [6, 6.07) is 1.43. The molecule has 0 aliphatic rings. The van der Waals surface area contributed by atoms with Gasteiger partial charge in [0.25, 0.3) is 5.91 Å². The van der Waals surface area contributed by atoms with E-state index in [-0.39, 0.29) is 25.6 Å². The summed E-state index contributed by atoms with van der Waals surface area (Å²) < 4.78 is 51.6. The van der Waals surface area contributed by atoms with Crippen LogP contribution in [-0.2, 0) is 6.18 Å². The van der Waals surface area contributed by atoms with E-state index in [1.54, 1.807) is 13.8 Å². The molecule has 1 aromatic rings. The van der Waals surface area contributed by atoms with Crippen LogP contribution in [0.15, 0.2) is 18.2 Å². The highest BCUT2D eigenvalue weighted by Crippen LogP contribution is 2.30. The first-order valence-electron chi connectivity index (χ1n) is 6.47. The van der Waals surface area contributed by atoms with E-state index in [4.69, 9.17) is 5.11 Å². The maximum absolute atomic E-state index is 13.7. The highest BCUT2D eigenvalue weighted by Gasteiger charge is 2.32. The topological polar surface area (TPSA) is 40.5 Å². The van der Waals surface area contributed by atoms with E-state index in [1.165, 1.54) is 4.90 Å². The summed E-state index contributed by atoms with van der Waals surface area (Å²) in [5.41, 5.74) is -1.69. The van der Waals surface area contributed by atoms with Crippen LogP contribution in [0.2, 0.25) is 0 Å². The predicted octanol–water partition coefficient (Wildman–Crippen LogP) is 3.08. The van der Waals surface area contributed by atoms with Gasteiger partial charge in [0.05, 0.1) is 11.1 Å². The molecule has 0 spiro atoms. The minimum absolute atomic E-state index is 0.142. The Morgan fingerprint density at radius 3 is 2.43 bits per heavy atom. The van der Waals surface area contributed by atoms with E-state index in [9.17, 15) is 22.4 Å². The number of carbonyl (C=O) groups excluding carboxylic acids is 1. The van der Waals surface area contributed by atoms with Crippen LogP contribution in [0.5, 0.6) is 0 Å². The average molecular weight is 307 g/mol. The van der Waals surface area contributed by atoms with E-state index in [1.807, 2.05) is 0 Å². The Hall–Kier alpha value is -1.63. The van der Waals surface area contributed by atoms with Gasteiger partial charge in [-0.2, -0.15) is 13.2 Å². The molecule has 0 heterocycles. The number of carbonyl (C=O) groups is 1. The van der Waals surface area contributed by atoms with Gasteiger partial charge in [0.2, 0.25) is 0 Å². The average Bonchev–Trinajstić information content (AvgIpc) is 2.37. The predicted molar refractivity (Wildman–Crippen MR) is 69.3 cm³/mol. The van der Waals surface area contributed by atoms with Crippen LogP contribution in [-0.4, -0.2) is 35.1 Å². The van der Waals surface area contributed by atoms with E-state index < -0.39 is 29.0 Å². The summed E-state index contributed by atoms with van der Waals surface area (Å²) in [6.45, 7) is 3.31. The Morgan fingerprint density at radius 2 is 1.95 bits per heavy atom. The van der Waals surface area contributed by atoms with E-state index >= 15 is 0 Å². The summed E-state index contributed by atoms with van der Waals surface area (Å²) in [5, 5.41) is 8.79. The molecule has 0 atom stereocenters. The Morgan fingerprint density at radius 1 is 1.33 bits per heavy atom. The summed E-state index contributed by atoms with van der Waals surface area (Å²) >= 11 is 0. The molecule has 1 amide bonds. The number of rotatable bonds is 5. The van der Waals surface area contributed by atoms with Gasteiger partial charge in [-0.1, -0.05) is 0 Å². The molecule has 0 bridgehead atoms. The Kier molecular flexibility index (Phi) is 5.71. The van der Waals surface area contributed by atoms with Gasteiger partial charge >= 0.3 is 6.18 Å². The smallest absolute Gasteiger partial charge is 0.396 e. The molecule has 7 heteroatoms. The molecule has 0 saturated heterocycles. The zero-order valence-corrected chi connectivity index (χ0v) is 11.7. The quantitative estimate of drug-likeness (QED) is 0.849. The van der Waals surface area contributed by atoms with Crippen molar-refractivity contribution in [1.82, 2.24) is 4.90 Å². The number of aliphatic hydroxyl groups excluding tert-OH is 1. The zero-order chi connectivity index (χ0) is 16.2. The normalized spacial score (nSPS) is 11.8. The lowest BCUT2D eigenvalue weighted by Crippen LogP contribution is -2.38. The molecule has 0 unspecified atom stereocenters. The summed E-state index contributed by atoms with van der Waals surface area (Å²) in [6.07, 6.45) is -4.37. The molecular formula is C14H17F4NO2. The second-order valence-electron chi connectivity index (χ2n) is 4.86. The van der Waals surface area contributed by atoms with Crippen molar-refractivity contribution in [1.29, 1.82) is 0 Å². The molecule has 1 rings (SSSR count). The highest BCUT2D eigenvalue weighted by atomic mass is 19.4. The molecule has 1 aromatic carbocycles. The molecule has 118 valence electrons. The van der Waals surface area contributed by atoms with E-state index in [0.717, 1.165) is 0 Å². The van der Waals surface area contributed by atoms with Crippen LogP contribution in [0.4, 0.5) is 17.6 Å². The second kappa shape index (κ2) is 6.89. The lowest BCUT2D eigenvalue weighted by Gasteiger charge is -2.27. The van der Waals surface area contributed by atoms with Crippen molar-refractivity contribution >= 4 is 5.91 Å². The van der Waals surface area contributed by atoms with Gasteiger partial charge in [0.1, 0.15) is 5.82 Å². The standard InChI is InChI=1S/C14H17F4NO2/c1-9(2)19(6-3-7-20)13(21)11-8-10(14(16,17)18)4-5-12(11)15/h4-5,8-9,20H,3,6-7H2,1-2H3. The van der Waals surface area contributed by atoms with Gasteiger partial charge in [-0.05, 0) is 38.5 Å². The van der Waals surface area contributed by atoms with Gasteiger partial charge in [-0.25, -0.2) is 4.39 Å². The van der Waals surface area contributed by atoms with Crippen molar-refractivity contribution in [2.45, 2.75) is 32.5 Å². The Bertz CT molecular complexity index is 500. The lowest BCUT2D eigenvalue weighted by atomic mass is 10.1. The maximum Gasteiger partial charge on any atom is 0.416 e. The van der Waals surface area contributed by atoms with Crippen LogP contribution in [0.25, 0.3) is 0 Å². The molecule has 0 aliphatic carbocycles. The number of aliphatic hydroxyl groups is 1. The SMILES string of the molecule is CC(C)N(CCCO)C(=O)c1cc(C(F)(F)F)ccc1F. The fourth-order valence-corrected chi connectivity index (χ4v) is 1.86. The number of hydrogen-bond acceptors (Lipinski definition) is 2. The fourth-order valence-electron chi connectivity index (χ4n) is 1.86. The van der Waals surface area contributed by atoms with E-state index in [2.05, 4.69) is 0 Å². The van der Waals surface area contributed by atoms with Crippen LogP contribution in [0.1, 0.15) is 36.2 Å². The van der Waals surface area contributed by atoms with Crippen molar-refractivity contribution in [3.63, 3.8) is 0 Å². The molecule has 0 fully saturated rings. The fraction of sp³-hybridized carbons (Fsp3) is 0.500. The van der Waals surface area contributed by atoms with Gasteiger partial charge in [-0.15, -0.1) is 0 Å². The third-order valence-corrected chi connectivity index (χ3v) is 2.97. The molecule has 0 aliphatic heterocycles. The second-order valence-corrected chi connectivity index (χ2v) is 4.86. The minimum Gasteiger partial charge on any atom is -0.396 e. The third kappa shape index (κ3) is 4.42. The first kappa shape index (κ1) is 17.4. The Balaban J connectivity index is 3.15. The van der Waals surface area contributed by atoms with Crippen LogP contribution in [0.3, 0.4) is 0 Å². The zero-order valence-electron chi connectivity index (χ0n) is 11.7. The van der Waals surface area contributed by atoms with Crippen molar-refractivity contribution in [3.8, 4) is 0 Å². The number of alkyl halides is 3. The molecule has 0 aromatic heterocycles. The molecule has 3 nitrogen and oxygen atoms in total. The van der Waals surface area contributed by atoms with Crippen molar-refractivity contribution < 1.29 is 27.5 Å². The highest BCUT2D eigenvalue weighted by molar-refractivity contribution is 5.95. The minimum atomic E-state index is -4.64. The lowest BCUT2D eigenvalue weighted by molar-refractivity contribution is -0.137. The molecule has 1 N–H and O–H groups in total. The molecule has 21 heavy (non-hydrogen) atoms. The third-order valence-electron chi connectivity index (χ3n) is 2.97. The number of benzene rings is 1. The summed E-state index contributed by atoms with van der Waals surface area (Å²) in [7, 11) is 0. The maximum atomic E-state index is 13.7. The molecule has 0 radical (unpaired) electrons. The van der Waals surface area contributed by atoms with Crippen molar-refractivity contribution in [2.24, 2.45) is 0 Å². The number of nitrogens with zero attached hydrogens (tertiary/aromatic N) is 1. The van der Waals surface area contributed by atoms with Crippen molar-refractivity contribution in [3.05, 3.63) is 35.1 Å².